The Kier molecular flexibility index (Phi) is 3.32. The second kappa shape index (κ2) is 4.31. The Morgan fingerprint density at radius 1 is 1.45 bits per heavy atom. The van der Waals surface area contributed by atoms with Gasteiger partial charge >= 0.3 is 0 Å². The first-order chi connectivity index (χ1) is 5.34. The van der Waals surface area contributed by atoms with Crippen LogP contribution < -0.4 is 0 Å². The molecule has 11 heavy (non-hydrogen) atoms. The van der Waals surface area contributed by atoms with Gasteiger partial charge in [0.25, 0.3) is 0 Å². The van der Waals surface area contributed by atoms with Crippen molar-refractivity contribution in [3.05, 3.63) is 0 Å². The zero-order valence-electron chi connectivity index (χ0n) is 7.16. The van der Waals surface area contributed by atoms with Gasteiger partial charge in [0.15, 0.2) is 0 Å². The fourth-order valence-electron chi connectivity index (χ4n) is 1.11. The molecule has 1 fully saturated rings. The SMILES string of the molecule is CN=CN(C)N1CCOCC1. The van der Waals surface area contributed by atoms with Crippen molar-refractivity contribution >= 4 is 6.34 Å². The van der Waals surface area contributed by atoms with Gasteiger partial charge in [-0.05, 0) is 0 Å². The topological polar surface area (TPSA) is 28.1 Å². The number of ether oxygens (including phenoxy) is 1. The molecule has 0 N–H and O–H groups in total. The third kappa shape index (κ3) is 2.48. The Balaban J connectivity index is 2.32. The standard InChI is InChI=1S/C7H15N3O/c1-8-7-9(2)10-3-5-11-6-4-10/h7H,3-6H2,1-2H3. The van der Waals surface area contributed by atoms with Crippen LogP contribution in [0, 0.1) is 0 Å². The summed E-state index contributed by atoms with van der Waals surface area (Å²) in [5, 5.41) is 4.21. The summed E-state index contributed by atoms with van der Waals surface area (Å²) in [4.78, 5) is 3.93. The van der Waals surface area contributed by atoms with Gasteiger partial charge in [-0.1, -0.05) is 0 Å². The van der Waals surface area contributed by atoms with Crippen molar-refractivity contribution in [1.82, 2.24) is 10.0 Å². The molecule has 0 aromatic carbocycles. The van der Waals surface area contributed by atoms with Gasteiger partial charge in [0.2, 0.25) is 0 Å². The number of hydrogen-bond donors (Lipinski definition) is 0. The van der Waals surface area contributed by atoms with E-state index in [-0.39, 0.29) is 0 Å². The van der Waals surface area contributed by atoms with Gasteiger partial charge in [-0.3, -0.25) is 10.0 Å². The molecule has 1 rings (SSSR count). The summed E-state index contributed by atoms with van der Waals surface area (Å²) in [7, 11) is 3.77. The number of rotatable bonds is 2. The Hall–Kier alpha value is -0.610. The average molecular weight is 157 g/mol. The van der Waals surface area contributed by atoms with E-state index in [1.54, 1.807) is 7.05 Å². The molecule has 1 heterocycles. The van der Waals surface area contributed by atoms with Crippen molar-refractivity contribution < 1.29 is 4.74 Å². The van der Waals surface area contributed by atoms with E-state index in [9.17, 15) is 0 Å². The maximum Gasteiger partial charge on any atom is 0.0988 e. The van der Waals surface area contributed by atoms with Crippen LogP contribution in [0.5, 0.6) is 0 Å². The van der Waals surface area contributed by atoms with Crippen LogP contribution in [0.2, 0.25) is 0 Å². The fourth-order valence-corrected chi connectivity index (χ4v) is 1.11. The highest BCUT2D eigenvalue weighted by molar-refractivity contribution is 5.53. The minimum atomic E-state index is 0.821. The zero-order valence-corrected chi connectivity index (χ0v) is 7.16. The maximum atomic E-state index is 5.22. The van der Waals surface area contributed by atoms with E-state index in [1.807, 2.05) is 18.4 Å². The monoisotopic (exact) mass is 157 g/mol. The van der Waals surface area contributed by atoms with Gasteiger partial charge in [-0.15, -0.1) is 0 Å². The van der Waals surface area contributed by atoms with E-state index in [0.717, 1.165) is 26.3 Å². The molecule has 4 nitrogen and oxygen atoms in total. The van der Waals surface area contributed by atoms with Crippen LogP contribution in [0.15, 0.2) is 4.99 Å². The summed E-state index contributed by atoms with van der Waals surface area (Å²) in [6, 6.07) is 0. The van der Waals surface area contributed by atoms with Gasteiger partial charge in [-0.2, -0.15) is 0 Å². The lowest BCUT2D eigenvalue weighted by Crippen LogP contribution is -2.46. The smallest absolute Gasteiger partial charge is 0.0988 e. The lowest BCUT2D eigenvalue weighted by molar-refractivity contribution is -0.0360. The van der Waals surface area contributed by atoms with E-state index < -0.39 is 0 Å². The van der Waals surface area contributed by atoms with Crippen molar-refractivity contribution in [1.29, 1.82) is 0 Å². The number of hydrazine groups is 1. The second-order valence-corrected chi connectivity index (χ2v) is 2.51. The van der Waals surface area contributed by atoms with Crippen molar-refractivity contribution in [2.24, 2.45) is 4.99 Å². The Morgan fingerprint density at radius 3 is 2.64 bits per heavy atom. The van der Waals surface area contributed by atoms with Crippen molar-refractivity contribution in [3.8, 4) is 0 Å². The van der Waals surface area contributed by atoms with Gasteiger partial charge in [0.05, 0.1) is 19.6 Å². The highest BCUT2D eigenvalue weighted by Crippen LogP contribution is 1.97. The van der Waals surface area contributed by atoms with E-state index in [1.165, 1.54) is 0 Å². The molecule has 0 saturated carbocycles. The van der Waals surface area contributed by atoms with Crippen LogP contribution in [-0.4, -0.2) is 56.8 Å². The summed E-state index contributed by atoms with van der Waals surface area (Å²) in [6.07, 6.45) is 1.81. The summed E-state index contributed by atoms with van der Waals surface area (Å²) >= 11 is 0. The van der Waals surface area contributed by atoms with Gasteiger partial charge in [0.1, 0.15) is 0 Å². The lowest BCUT2D eigenvalue weighted by Gasteiger charge is -2.32. The third-order valence-corrected chi connectivity index (χ3v) is 1.72. The molecule has 0 aromatic rings. The Labute approximate surface area is 67.4 Å². The maximum absolute atomic E-state index is 5.22. The summed E-state index contributed by atoms with van der Waals surface area (Å²) in [6.45, 7) is 3.56. The molecule has 0 amide bonds. The molecule has 1 aliphatic rings. The molecular formula is C7H15N3O. The number of nitrogens with zero attached hydrogens (tertiary/aromatic N) is 3. The molecule has 4 heteroatoms. The van der Waals surface area contributed by atoms with E-state index >= 15 is 0 Å². The number of morpholine rings is 1. The minimum Gasteiger partial charge on any atom is -0.379 e. The first-order valence-corrected chi connectivity index (χ1v) is 3.82. The molecule has 0 aliphatic carbocycles. The third-order valence-electron chi connectivity index (χ3n) is 1.72. The van der Waals surface area contributed by atoms with Gasteiger partial charge in [0, 0.05) is 27.2 Å². The molecule has 1 saturated heterocycles. The lowest BCUT2D eigenvalue weighted by atomic mass is 10.5. The molecule has 64 valence electrons. The van der Waals surface area contributed by atoms with E-state index in [2.05, 4.69) is 10.0 Å². The summed E-state index contributed by atoms with van der Waals surface area (Å²) in [5.41, 5.74) is 0. The molecule has 0 unspecified atom stereocenters. The van der Waals surface area contributed by atoms with Crippen LogP contribution >= 0.6 is 0 Å². The van der Waals surface area contributed by atoms with Gasteiger partial charge < -0.3 is 4.74 Å². The molecule has 0 atom stereocenters. The predicted octanol–water partition coefficient (Wildman–Crippen LogP) is -0.177. The van der Waals surface area contributed by atoms with Crippen LogP contribution in [0.25, 0.3) is 0 Å². The van der Waals surface area contributed by atoms with Gasteiger partial charge in [-0.25, -0.2) is 5.01 Å². The highest BCUT2D eigenvalue weighted by atomic mass is 16.5. The van der Waals surface area contributed by atoms with Crippen molar-refractivity contribution in [3.63, 3.8) is 0 Å². The molecule has 1 aliphatic heterocycles. The molecule has 0 radical (unpaired) electrons. The molecule has 0 bridgehead atoms. The average Bonchev–Trinajstić information content (AvgIpc) is 2.07. The summed E-state index contributed by atoms with van der Waals surface area (Å²) in [5.74, 6) is 0. The second-order valence-electron chi connectivity index (χ2n) is 2.51. The number of aliphatic imine (C=N–C) groups is 1. The molecular weight excluding hydrogens is 142 g/mol. The highest BCUT2D eigenvalue weighted by Gasteiger charge is 2.11. The minimum absolute atomic E-state index is 0.821. The van der Waals surface area contributed by atoms with E-state index in [0.29, 0.717) is 0 Å². The quantitative estimate of drug-likeness (QED) is 0.411. The van der Waals surface area contributed by atoms with Crippen LogP contribution in [0.4, 0.5) is 0 Å². The Morgan fingerprint density at radius 2 is 2.09 bits per heavy atom. The number of hydrogen-bond acceptors (Lipinski definition) is 3. The zero-order chi connectivity index (χ0) is 8.10. The van der Waals surface area contributed by atoms with Crippen molar-refractivity contribution in [2.45, 2.75) is 0 Å². The van der Waals surface area contributed by atoms with E-state index in [4.69, 9.17) is 4.74 Å². The van der Waals surface area contributed by atoms with Crippen molar-refractivity contribution in [2.75, 3.05) is 40.4 Å². The molecule has 0 spiro atoms. The van der Waals surface area contributed by atoms with Crippen LogP contribution in [-0.2, 0) is 4.74 Å². The molecule has 0 aromatic heterocycles. The Bertz CT molecular complexity index is 132. The largest absolute Gasteiger partial charge is 0.379 e. The van der Waals surface area contributed by atoms with Crippen LogP contribution in [0.1, 0.15) is 0 Å². The van der Waals surface area contributed by atoms with Crippen LogP contribution in [0.3, 0.4) is 0 Å². The summed E-state index contributed by atoms with van der Waals surface area (Å²) < 4.78 is 5.22. The first kappa shape index (κ1) is 8.49. The first-order valence-electron chi connectivity index (χ1n) is 3.82. The fraction of sp³-hybridized carbons (Fsp3) is 0.857. The normalized spacial score (nSPS) is 20.9. The predicted molar refractivity (Wildman–Crippen MR) is 44.6 cm³/mol.